The van der Waals surface area contributed by atoms with Crippen LogP contribution < -0.4 is 4.74 Å². The van der Waals surface area contributed by atoms with Crippen LogP contribution in [0.4, 0.5) is 0 Å². The van der Waals surface area contributed by atoms with E-state index in [1.165, 1.54) is 19.5 Å². The Morgan fingerprint density at radius 3 is 2.67 bits per heavy atom. The average Bonchev–Trinajstić information content (AvgIpc) is 2.57. The minimum Gasteiger partial charge on any atom is -0.492 e. The molecule has 0 spiro atoms. The summed E-state index contributed by atoms with van der Waals surface area (Å²) in [6.45, 7) is 6.51. The third-order valence-electron chi connectivity index (χ3n) is 3.30. The molecule has 0 N–H and O–H groups in total. The minimum atomic E-state index is 0.769. The molecule has 1 aliphatic rings. The molecule has 0 amide bonds. The summed E-state index contributed by atoms with van der Waals surface area (Å²) in [6, 6.07) is 8.02. The van der Waals surface area contributed by atoms with E-state index in [-0.39, 0.29) is 0 Å². The summed E-state index contributed by atoms with van der Waals surface area (Å²) in [5.74, 6) is 0.949. The van der Waals surface area contributed by atoms with Crippen molar-refractivity contribution >= 4 is 15.9 Å². The van der Waals surface area contributed by atoms with E-state index < -0.39 is 0 Å². The fourth-order valence-corrected chi connectivity index (χ4v) is 2.41. The smallest absolute Gasteiger partial charge is 0.119 e. The van der Waals surface area contributed by atoms with Gasteiger partial charge in [-0.15, -0.1) is 0 Å². The first-order valence-electron chi connectivity index (χ1n) is 6.53. The zero-order chi connectivity index (χ0) is 12.8. The number of hydrogen-bond acceptors (Lipinski definition) is 3. The fourth-order valence-electron chi connectivity index (χ4n) is 2.15. The van der Waals surface area contributed by atoms with Crippen molar-refractivity contribution in [3.63, 3.8) is 0 Å². The van der Waals surface area contributed by atoms with E-state index in [4.69, 9.17) is 4.74 Å². The summed E-state index contributed by atoms with van der Waals surface area (Å²) in [6.07, 6.45) is 1.26. The van der Waals surface area contributed by atoms with E-state index in [9.17, 15) is 0 Å². The number of likely N-dealkylation sites (N-methyl/N-ethyl adjacent to an activating group) is 1. The lowest BCUT2D eigenvalue weighted by molar-refractivity contribution is 0.213. The summed E-state index contributed by atoms with van der Waals surface area (Å²) >= 11 is 3.42. The van der Waals surface area contributed by atoms with Gasteiger partial charge in [-0.2, -0.15) is 0 Å². The van der Waals surface area contributed by atoms with Crippen LogP contribution in [0.2, 0.25) is 0 Å². The van der Waals surface area contributed by atoms with Crippen LogP contribution in [0.25, 0.3) is 0 Å². The normalized spacial score (nSPS) is 18.6. The predicted octanol–water partition coefficient (Wildman–Crippen LogP) is 2.47. The molecule has 1 heterocycles. The Hall–Kier alpha value is -0.580. The fraction of sp³-hybridized carbons (Fsp3) is 0.571. The zero-order valence-electron chi connectivity index (χ0n) is 10.9. The second-order valence-electron chi connectivity index (χ2n) is 4.80. The first-order valence-corrected chi connectivity index (χ1v) is 7.32. The van der Waals surface area contributed by atoms with Gasteiger partial charge in [-0.05, 0) is 50.8 Å². The Bertz CT molecular complexity index is 355. The van der Waals surface area contributed by atoms with Gasteiger partial charge in [0.2, 0.25) is 0 Å². The highest BCUT2D eigenvalue weighted by atomic mass is 79.9. The summed E-state index contributed by atoms with van der Waals surface area (Å²) in [5.41, 5.74) is 0. The Kier molecular flexibility index (Phi) is 5.47. The quantitative estimate of drug-likeness (QED) is 0.849. The van der Waals surface area contributed by atoms with E-state index in [0.717, 1.165) is 36.5 Å². The van der Waals surface area contributed by atoms with Gasteiger partial charge in [-0.3, -0.25) is 4.90 Å². The van der Waals surface area contributed by atoms with E-state index in [1.54, 1.807) is 0 Å². The van der Waals surface area contributed by atoms with Crippen molar-refractivity contribution in [3.05, 3.63) is 28.7 Å². The van der Waals surface area contributed by atoms with Crippen LogP contribution in [0, 0.1) is 0 Å². The summed E-state index contributed by atoms with van der Waals surface area (Å²) < 4.78 is 6.84. The summed E-state index contributed by atoms with van der Waals surface area (Å²) in [7, 11) is 2.20. The lowest BCUT2D eigenvalue weighted by Gasteiger charge is -2.20. The number of ether oxygens (including phenoxy) is 1. The van der Waals surface area contributed by atoms with Gasteiger partial charge in [0, 0.05) is 24.1 Å². The first kappa shape index (κ1) is 13.8. The summed E-state index contributed by atoms with van der Waals surface area (Å²) in [4.78, 5) is 4.89. The molecule has 4 heteroatoms. The Labute approximate surface area is 118 Å². The van der Waals surface area contributed by atoms with Crippen molar-refractivity contribution in [1.82, 2.24) is 9.80 Å². The molecule has 0 aromatic heterocycles. The molecule has 0 radical (unpaired) electrons. The van der Waals surface area contributed by atoms with E-state index in [2.05, 4.69) is 32.8 Å². The second kappa shape index (κ2) is 7.12. The van der Waals surface area contributed by atoms with Crippen molar-refractivity contribution in [3.8, 4) is 5.75 Å². The van der Waals surface area contributed by atoms with Crippen molar-refractivity contribution in [2.45, 2.75) is 6.42 Å². The number of nitrogens with zero attached hydrogens (tertiary/aromatic N) is 2. The highest BCUT2D eigenvalue weighted by Gasteiger charge is 2.11. The van der Waals surface area contributed by atoms with Gasteiger partial charge < -0.3 is 9.64 Å². The second-order valence-corrected chi connectivity index (χ2v) is 5.72. The molecule has 1 fully saturated rings. The average molecular weight is 313 g/mol. The molecular weight excluding hydrogens is 292 g/mol. The van der Waals surface area contributed by atoms with Crippen molar-refractivity contribution in [1.29, 1.82) is 0 Å². The van der Waals surface area contributed by atoms with Gasteiger partial charge in [0.1, 0.15) is 12.4 Å². The number of hydrogen-bond donors (Lipinski definition) is 0. The lowest BCUT2D eigenvalue weighted by atomic mass is 10.3. The van der Waals surface area contributed by atoms with Crippen LogP contribution in [-0.2, 0) is 0 Å². The molecule has 0 saturated carbocycles. The number of benzene rings is 1. The number of rotatable bonds is 4. The first-order chi connectivity index (χ1) is 8.74. The van der Waals surface area contributed by atoms with E-state index in [1.807, 2.05) is 24.3 Å². The van der Waals surface area contributed by atoms with Gasteiger partial charge in [0.25, 0.3) is 0 Å². The maximum atomic E-state index is 5.76. The largest absolute Gasteiger partial charge is 0.492 e. The van der Waals surface area contributed by atoms with Gasteiger partial charge in [-0.25, -0.2) is 0 Å². The van der Waals surface area contributed by atoms with Crippen molar-refractivity contribution in [2.75, 3.05) is 46.4 Å². The van der Waals surface area contributed by atoms with Crippen LogP contribution >= 0.6 is 15.9 Å². The Morgan fingerprint density at radius 2 is 1.89 bits per heavy atom. The highest BCUT2D eigenvalue weighted by molar-refractivity contribution is 9.10. The standard InChI is InChI=1S/C14H21BrN2O/c1-16-7-2-8-17(10-9-16)11-12-18-14-5-3-13(15)4-6-14/h3-6H,2,7-12H2,1H3. The zero-order valence-corrected chi connectivity index (χ0v) is 12.5. The SMILES string of the molecule is CN1CCCN(CCOc2ccc(Br)cc2)CC1. The Morgan fingerprint density at radius 1 is 1.11 bits per heavy atom. The van der Waals surface area contributed by atoms with Crippen LogP contribution in [0.1, 0.15) is 6.42 Å². The molecule has 2 rings (SSSR count). The van der Waals surface area contributed by atoms with Crippen LogP contribution in [0.15, 0.2) is 28.7 Å². The third-order valence-corrected chi connectivity index (χ3v) is 3.83. The predicted molar refractivity (Wildman–Crippen MR) is 78.2 cm³/mol. The molecular formula is C14H21BrN2O. The van der Waals surface area contributed by atoms with E-state index >= 15 is 0 Å². The Balaban J connectivity index is 1.70. The summed E-state index contributed by atoms with van der Waals surface area (Å²) in [5, 5.41) is 0. The number of halogens is 1. The molecule has 0 bridgehead atoms. The molecule has 100 valence electrons. The topological polar surface area (TPSA) is 15.7 Å². The van der Waals surface area contributed by atoms with Crippen LogP contribution in [0.3, 0.4) is 0 Å². The molecule has 1 aliphatic heterocycles. The van der Waals surface area contributed by atoms with Gasteiger partial charge >= 0.3 is 0 Å². The maximum Gasteiger partial charge on any atom is 0.119 e. The monoisotopic (exact) mass is 312 g/mol. The van der Waals surface area contributed by atoms with Crippen molar-refractivity contribution in [2.24, 2.45) is 0 Å². The molecule has 0 unspecified atom stereocenters. The van der Waals surface area contributed by atoms with Crippen LogP contribution in [0.5, 0.6) is 5.75 Å². The lowest BCUT2D eigenvalue weighted by Crippen LogP contribution is -2.32. The van der Waals surface area contributed by atoms with Gasteiger partial charge in [0.15, 0.2) is 0 Å². The third kappa shape index (κ3) is 4.59. The molecule has 18 heavy (non-hydrogen) atoms. The van der Waals surface area contributed by atoms with E-state index in [0.29, 0.717) is 0 Å². The van der Waals surface area contributed by atoms with Gasteiger partial charge in [0.05, 0.1) is 0 Å². The molecule has 0 aliphatic carbocycles. The minimum absolute atomic E-state index is 0.769. The molecule has 1 saturated heterocycles. The highest BCUT2D eigenvalue weighted by Crippen LogP contribution is 2.16. The van der Waals surface area contributed by atoms with Crippen LogP contribution in [-0.4, -0.2) is 56.2 Å². The molecule has 0 atom stereocenters. The maximum absolute atomic E-state index is 5.76. The molecule has 1 aromatic carbocycles. The van der Waals surface area contributed by atoms with Crippen molar-refractivity contribution < 1.29 is 4.74 Å². The molecule has 3 nitrogen and oxygen atoms in total. The van der Waals surface area contributed by atoms with Gasteiger partial charge in [-0.1, -0.05) is 15.9 Å². The molecule has 1 aromatic rings.